The highest BCUT2D eigenvalue weighted by Gasteiger charge is 2.19. The van der Waals surface area contributed by atoms with Crippen LogP contribution in [0.15, 0.2) is 175 Å². The molecule has 0 aliphatic heterocycles. The van der Waals surface area contributed by atoms with Crippen LogP contribution in [0.5, 0.6) is 0 Å². The highest BCUT2D eigenvalue weighted by atomic mass is 32.1. The van der Waals surface area contributed by atoms with Gasteiger partial charge in [-0.05, 0) is 41.3 Å². The number of nitrogens with zero attached hydrogens (tertiary/aromatic N) is 3. The molecule has 0 saturated heterocycles. The van der Waals surface area contributed by atoms with Crippen LogP contribution in [0.25, 0.3) is 98.5 Å². The first-order valence-electron chi connectivity index (χ1n) is 17.7. The van der Waals surface area contributed by atoms with Gasteiger partial charge in [-0.1, -0.05) is 146 Å². The number of hydrogen-bond donors (Lipinski definition) is 0. The van der Waals surface area contributed by atoms with Crippen molar-refractivity contribution in [2.75, 3.05) is 0 Å². The fourth-order valence-electron chi connectivity index (χ4n) is 7.37. The molecule has 250 valence electrons. The number of aromatic nitrogens is 3. The lowest BCUT2D eigenvalue weighted by Gasteiger charge is -2.10. The van der Waals surface area contributed by atoms with Crippen molar-refractivity contribution in [1.29, 1.82) is 0 Å². The Morgan fingerprint density at radius 1 is 0.472 bits per heavy atom. The van der Waals surface area contributed by atoms with Gasteiger partial charge in [0.25, 0.3) is 0 Å². The maximum atomic E-state index is 6.58. The summed E-state index contributed by atoms with van der Waals surface area (Å²) in [6.45, 7) is 3.93. The van der Waals surface area contributed by atoms with Crippen molar-refractivity contribution in [3.8, 4) is 56.4 Å². The molecule has 10 aromatic rings. The zero-order valence-corrected chi connectivity index (χ0v) is 29.5. The van der Waals surface area contributed by atoms with Gasteiger partial charge in [-0.2, -0.15) is 0 Å². The molecule has 0 unspecified atom stereocenters. The fraction of sp³-hybridized carbons (Fsp3) is 0.0208. The fourth-order valence-corrected chi connectivity index (χ4v) is 8.74. The highest BCUT2D eigenvalue weighted by molar-refractivity contribution is 7.26. The lowest BCUT2D eigenvalue weighted by Crippen LogP contribution is -2.00. The number of hydrogen-bond acceptors (Lipinski definition) is 5. The quantitative estimate of drug-likeness (QED) is 0.156. The molecule has 4 nitrogen and oxygen atoms in total. The van der Waals surface area contributed by atoms with Gasteiger partial charge >= 0.3 is 0 Å². The topological polar surface area (TPSA) is 51.8 Å². The molecular formula is C48H31N3OS. The van der Waals surface area contributed by atoms with Crippen LogP contribution in [0.3, 0.4) is 0 Å². The summed E-state index contributed by atoms with van der Waals surface area (Å²) in [5.74, 6) is 1.94. The number of benzene rings is 7. The van der Waals surface area contributed by atoms with Crippen molar-refractivity contribution in [3.05, 3.63) is 176 Å². The van der Waals surface area contributed by atoms with Crippen LogP contribution < -0.4 is 0 Å². The number of thiophene rings is 1. The zero-order chi connectivity index (χ0) is 35.3. The normalized spacial score (nSPS) is 11.5. The van der Waals surface area contributed by atoms with E-state index >= 15 is 0 Å². The standard InChI is InChI=1S/C48H31N3OS/c1-2-13-30-26-27-42-41(28-30)37-22-11-21-36(43(37)52-42)38-23-12-25-40-39-24-10-20-35(44(39)53-45(38)40)33-18-9-19-34(29-33)48-50-46(31-14-5-3-6-15-31)49-47(51-48)32-16-7-4-8-17-32/h2-12,14-29H,1,13H2. The van der Waals surface area contributed by atoms with Crippen LogP contribution in [0, 0.1) is 0 Å². The van der Waals surface area contributed by atoms with Crippen molar-refractivity contribution in [2.24, 2.45) is 0 Å². The molecule has 0 N–H and O–H groups in total. The number of allylic oxidation sites excluding steroid dienone is 1. The molecule has 0 fully saturated rings. The van der Waals surface area contributed by atoms with Crippen molar-refractivity contribution in [1.82, 2.24) is 15.0 Å². The van der Waals surface area contributed by atoms with E-state index in [1.807, 2.05) is 78.1 Å². The van der Waals surface area contributed by atoms with Crippen molar-refractivity contribution < 1.29 is 4.42 Å². The first kappa shape index (κ1) is 31.1. The van der Waals surface area contributed by atoms with Gasteiger partial charge < -0.3 is 4.42 Å². The van der Waals surface area contributed by atoms with E-state index in [1.165, 1.54) is 36.9 Å². The average Bonchev–Trinajstić information content (AvgIpc) is 3.80. The Kier molecular flexibility index (Phi) is 7.52. The Balaban J connectivity index is 1.11. The number of para-hydroxylation sites is 1. The first-order valence-corrected chi connectivity index (χ1v) is 18.5. The second-order valence-electron chi connectivity index (χ2n) is 13.2. The van der Waals surface area contributed by atoms with Crippen LogP contribution in [-0.4, -0.2) is 15.0 Å². The minimum atomic E-state index is 0.640. The maximum absolute atomic E-state index is 6.58. The van der Waals surface area contributed by atoms with Gasteiger partial charge in [0.1, 0.15) is 11.2 Å². The van der Waals surface area contributed by atoms with E-state index in [0.717, 1.165) is 56.2 Å². The number of rotatable bonds is 7. The SMILES string of the molecule is C=CCc1ccc2oc3c(-c4cccc5c4sc4c(-c6cccc(-c7nc(-c8ccccc8)nc(-c8ccccc8)n7)c6)cccc45)cccc3c2c1. The molecule has 3 heterocycles. The summed E-state index contributed by atoms with van der Waals surface area (Å²) in [7, 11) is 0. The van der Waals surface area contributed by atoms with E-state index in [-0.39, 0.29) is 0 Å². The minimum Gasteiger partial charge on any atom is -0.455 e. The van der Waals surface area contributed by atoms with Crippen LogP contribution in [0.2, 0.25) is 0 Å². The highest BCUT2D eigenvalue weighted by Crippen LogP contribution is 2.46. The largest absolute Gasteiger partial charge is 0.455 e. The summed E-state index contributed by atoms with van der Waals surface area (Å²) in [4.78, 5) is 14.9. The second kappa shape index (κ2) is 12.8. The van der Waals surface area contributed by atoms with E-state index in [1.54, 1.807) is 0 Å². The van der Waals surface area contributed by atoms with Crippen LogP contribution in [0.1, 0.15) is 5.56 Å². The summed E-state index contributed by atoms with van der Waals surface area (Å²) in [6, 6.07) is 54.9. The molecule has 53 heavy (non-hydrogen) atoms. The molecule has 3 aromatic heterocycles. The smallest absolute Gasteiger partial charge is 0.164 e. The molecule has 0 radical (unpaired) electrons. The molecule has 0 atom stereocenters. The monoisotopic (exact) mass is 697 g/mol. The van der Waals surface area contributed by atoms with Crippen molar-refractivity contribution in [3.63, 3.8) is 0 Å². The van der Waals surface area contributed by atoms with E-state index in [4.69, 9.17) is 19.4 Å². The van der Waals surface area contributed by atoms with Gasteiger partial charge in [0.2, 0.25) is 0 Å². The number of furan rings is 1. The molecule has 0 saturated carbocycles. The zero-order valence-electron chi connectivity index (χ0n) is 28.7. The van der Waals surface area contributed by atoms with Gasteiger partial charge in [0.15, 0.2) is 17.5 Å². The van der Waals surface area contributed by atoms with E-state index < -0.39 is 0 Å². The summed E-state index contributed by atoms with van der Waals surface area (Å²) >= 11 is 1.84. The molecule has 10 rings (SSSR count). The van der Waals surface area contributed by atoms with Crippen LogP contribution in [0.4, 0.5) is 0 Å². The maximum Gasteiger partial charge on any atom is 0.164 e. The van der Waals surface area contributed by atoms with Crippen LogP contribution >= 0.6 is 11.3 Å². The van der Waals surface area contributed by atoms with Crippen molar-refractivity contribution >= 4 is 53.4 Å². The Morgan fingerprint density at radius 3 is 1.70 bits per heavy atom. The van der Waals surface area contributed by atoms with Gasteiger partial charge in [0, 0.05) is 58.8 Å². The van der Waals surface area contributed by atoms with Gasteiger partial charge in [-0.3, -0.25) is 0 Å². The third-order valence-electron chi connectivity index (χ3n) is 9.89. The first-order chi connectivity index (χ1) is 26.2. The summed E-state index contributed by atoms with van der Waals surface area (Å²) in [5, 5.41) is 4.73. The Morgan fingerprint density at radius 2 is 1.02 bits per heavy atom. The van der Waals surface area contributed by atoms with Gasteiger partial charge in [-0.15, -0.1) is 17.9 Å². The lowest BCUT2D eigenvalue weighted by molar-refractivity contribution is 0.670. The third kappa shape index (κ3) is 5.41. The van der Waals surface area contributed by atoms with Gasteiger partial charge in [0.05, 0.1) is 0 Å². The molecular weight excluding hydrogens is 667 g/mol. The molecule has 0 amide bonds. The van der Waals surface area contributed by atoms with Gasteiger partial charge in [-0.25, -0.2) is 15.0 Å². The second-order valence-corrected chi connectivity index (χ2v) is 14.2. The van der Waals surface area contributed by atoms with E-state index in [2.05, 4.69) is 104 Å². The summed E-state index contributed by atoms with van der Waals surface area (Å²) < 4.78 is 9.06. The molecule has 0 aliphatic carbocycles. The minimum absolute atomic E-state index is 0.640. The molecule has 5 heteroatoms. The third-order valence-corrected chi connectivity index (χ3v) is 11.2. The lowest BCUT2D eigenvalue weighted by atomic mass is 9.98. The molecule has 0 bridgehead atoms. The van der Waals surface area contributed by atoms with E-state index in [0.29, 0.717) is 17.5 Å². The Hall–Kier alpha value is -6.69. The van der Waals surface area contributed by atoms with Crippen LogP contribution in [-0.2, 0) is 6.42 Å². The predicted molar refractivity (Wildman–Crippen MR) is 221 cm³/mol. The predicted octanol–water partition coefficient (Wildman–Crippen LogP) is 13.2. The Labute approximate surface area is 310 Å². The van der Waals surface area contributed by atoms with E-state index in [9.17, 15) is 0 Å². The van der Waals surface area contributed by atoms with Crippen molar-refractivity contribution in [2.45, 2.75) is 6.42 Å². The molecule has 7 aromatic carbocycles. The molecule has 0 spiro atoms. The molecule has 0 aliphatic rings. The Bertz CT molecular complexity index is 2940. The summed E-state index contributed by atoms with van der Waals surface area (Å²) in [5.41, 5.74) is 10.4. The average molecular weight is 698 g/mol. The summed E-state index contributed by atoms with van der Waals surface area (Å²) in [6.07, 6.45) is 2.77. The number of fused-ring (bicyclic) bond motifs is 6.